The molecule has 0 bridgehead atoms. The van der Waals surface area contributed by atoms with E-state index >= 15 is 0 Å². The Bertz CT molecular complexity index is 325. The fourth-order valence-electron chi connectivity index (χ4n) is 2.31. The van der Waals surface area contributed by atoms with E-state index in [4.69, 9.17) is 0 Å². The number of hydrogen-bond donors (Lipinski definition) is 0. The molecule has 0 aromatic carbocycles. The molecule has 1 radical (unpaired) electrons. The van der Waals surface area contributed by atoms with Gasteiger partial charge in [0.25, 0.3) is 0 Å². The first kappa shape index (κ1) is 9.51. The molecule has 0 saturated heterocycles. The molecule has 0 fully saturated rings. The lowest BCUT2D eigenvalue weighted by Crippen LogP contribution is -2.00. The third-order valence-corrected chi connectivity index (χ3v) is 3.24. The van der Waals surface area contributed by atoms with Gasteiger partial charge in [0, 0.05) is 5.92 Å². The topological polar surface area (TPSA) is 0 Å². The van der Waals surface area contributed by atoms with Gasteiger partial charge in [-0.1, -0.05) is 53.5 Å². The Hall–Kier alpha value is -1.04. The maximum atomic E-state index is 2.26. The summed E-state index contributed by atoms with van der Waals surface area (Å²) in [6.07, 6.45) is 11.2. The van der Waals surface area contributed by atoms with Crippen LogP contribution in [0.3, 0.4) is 0 Å². The summed E-state index contributed by atoms with van der Waals surface area (Å²) in [5.74, 6) is 1.50. The summed E-state index contributed by atoms with van der Waals surface area (Å²) in [7, 11) is 0. The highest BCUT2D eigenvalue weighted by Crippen LogP contribution is 2.37. The number of allylic oxidation sites excluding steroid dienone is 8. The van der Waals surface area contributed by atoms with Gasteiger partial charge in [-0.15, -0.1) is 0 Å². The third kappa shape index (κ3) is 1.50. The van der Waals surface area contributed by atoms with Crippen molar-refractivity contribution in [3.63, 3.8) is 0 Å². The molecule has 0 heteroatoms. The molecule has 0 nitrogen and oxygen atoms in total. The maximum Gasteiger partial charge on any atom is 0.0238 e. The summed E-state index contributed by atoms with van der Waals surface area (Å²) < 4.78 is 0. The van der Waals surface area contributed by atoms with E-state index in [-0.39, 0.29) is 0 Å². The molecular formula is C14H17. The fraction of sp³-hybridized carbons (Fsp3) is 0.357. The van der Waals surface area contributed by atoms with Gasteiger partial charge < -0.3 is 0 Å². The highest BCUT2D eigenvalue weighted by Gasteiger charge is 2.20. The normalized spacial score (nSPS) is 20.9. The van der Waals surface area contributed by atoms with Crippen LogP contribution in [0.5, 0.6) is 0 Å². The zero-order valence-corrected chi connectivity index (χ0v) is 9.22. The standard InChI is InChI=1S/C14H17/c1-10-6-4-8-13(10)12(3)14-9-5-7-11(14)2/h4-7H,8-9H2,1-3H3. The predicted octanol–water partition coefficient (Wildman–Crippen LogP) is 4.13. The van der Waals surface area contributed by atoms with E-state index in [1.54, 1.807) is 0 Å². The lowest BCUT2D eigenvalue weighted by molar-refractivity contribution is 1.02. The summed E-state index contributed by atoms with van der Waals surface area (Å²) in [5.41, 5.74) is 5.94. The summed E-state index contributed by atoms with van der Waals surface area (Å²) >= 11 is 0. The lowest BCUT2D eigenvalue weighted by atomic mass is 9.87. The summed E-state index contributed by atoms with van der Waals surface area (Å²) in [4.78, 5) is 0. The molecular weight excluding hydrogens is 168 g/mol. The average molecular weight is 185 g/mol. The molecule has 0 amide bonds. The third-order valence-electron chi connectivity index (χ3n) is 3.24. The van der Waals surface area contributed by atoms with Crippen molar-refractivity contribution in [1.29, 1.82) is 0 Å². The van der Waals surface area contributed by atoms with E-state index in [0.717, 1.165) is 12.8 Å². The molecule has 2 aliphatic carbocycles. The number of hydrogen-bond acceptors (Lipinski definition) is 0. The highest BCUT2D eigenvalue weighted by molar-refractivity contribution is 5.53. The molecule has 0 atom stereocenters. The Balaban J connectivity index is 2.22. The molecule has 0 unspecified atom stereocenters. The van der Waals surface area contributed by atoms with Crippen LogP contribution in [0.4, 0.5) is 0 Å². The van der Waals surface area contributed by atoms with Crippen LogP contribution in [0.1, 0.15) is 33.6 Å². The lowest BCUT2D eigenvalue weighted by Gasteiger charge is -2.16. The summed E-state index contributed by atoms with van der Waals surface area (Å²) in [6.45, 7) is 6.68. The van der Waals surface area contributed by atoms with Crippen molar-refractivity contribution < 1.29 is 0 Å². The van der Waals surface area contributed by atoms with Crippen LogP contribution in [-0.2, 0) is 0 Å². The first-order valence-corrected chi connectivity index (χ1v) is 5.27. The average Bonchev–Trinajstić information content (AvgIpc) is 2.73. The molecule has 2 rings (SSSR count). The van der Waals surface area contributed by atoms with Crippen LogP contribution in [0.15, 0.2) is 46.6 Å². The SMILES string of the molecule is C[C](C1=C(C)C=CC1)C1=C(C)C=CC1. The molecule has 0 aliphatic heterocycles. The van der Waals surface area contributed by atoms with Crippen molar-refractivity contribution in [2.75, 3.05) is 0 Å². The highest BCUT2D eigenvalue weighted by atomic mass is 14.2. The summed E-state index contributed by atoms with van der Waals surface area (Å²) in [5, 5.41) is 0. The Kier molecular flexibility index (Phi) is 2.45. The van der Waals surface area contributed by atoms with Gasteiger partial charge in [-0.05, 0) is 26.7 Å². The second-order valence-corrected chi connectivity index (χ2v) is 4.16. The van der Waals surface area contributed by atoms with Gasteiger partial charge in [0.1, 0.15) is 0 Å². The van der Waals surface area contributed by atoms with Crippen molar-refractivity contribution in [3.05, 3.63) is 52.5 Å². The van der Waals surface area contributed by atoms with Gasteiger partial charge in [0.2, 0.25) is 0 Å². The van der Waals surface area contributed by atoms with E-state index in [1.165, 1.54) is 28.2 Å². The Morgan fingerprint density at radius 2 is 1.36 bits per heavy atom. The zero-order valence-electron chi connectivity index (χ0n) is 9.22. The monoisotopic (exact) mass is 185 g/mol. The van der Waals surface area contributed by atoms with Gasteiger partial charge in [0.15, 0.2) is 0 Å². The fourth-order valence-corrected chi connectivity index (χ4v) is 2.31. The van der Waals surface area contributed by atoms with E-state index in [2.05, 4.69) is 45.1 Å². The quantitative estimate of drug-likeness (QED) is 0.606. The van der Waals surface area contributed by atoms with Crippen LogP contribution >= 0.6 is 0 Å². The predicted molar refractivity (Wildman–Crippen MR) is 61.8 cm³/mol. The molecule has 0 aromatic rings. The molecule has 0 heterocycles. The smallest absolute Gasteiger partial charge is 0.0238 e. The van der Waals surface area contributed by atoms with E-state index in [0.29, 0.717) is 0 Å². The van der Waals surface area contributed by atoms with Gasteiger partial charge >= 0.3 is 0 Å². The Morgan fingerprint density at radius 3 is 1.64 bits per heavy atom. The minimum Gasteiger partial charge on any atom is -0.0802 e. The Morgan fingerprint density at radius 1 is 0.929 bits per heavy atom. The van der Waals surface area contributed by atoms with Crippen molar-refractivity contribution in [3.8, 4) is 0 Å². The van der Waals surface area contributed by atoms with Crippen molar-refractivity contribution in [1.82, 2.24) is 0 Å². The van der Waals surface area contributed by atoms with Crippen molar-refractivity contribution in [2.24, 2.45) is 0 Å². The summed E-state index contributed by atoms with van der Waals surface area (Å²) in [6, 6.07) is 0. The van der Waals surface area contributed by atoms with Crippen LogP contribution < -0.4 is 0 Å². The van der Waals surface area contributed by atoms with Gasteiger partial charge in [-0.2, -0.15) is 0 Å². The van der Waals surface area contributed by atoms with Gasteiger partial charge in [-0.25, -0.2) is 0 Å². The zero-order chi connectivity index (χ0) is 10.1. The first-order valence-electron chi connectivity index (χ1n) is 5.27. The second kappa shape index (κ2) is 3.61. The number of rotatable bonds is 2. The van der Waals surface area contributed by atoms with Crippen molar-refractivity contribution in [2.45, 2.75) is 33.6 Å². The largest absolute Gasteiger partial charge is 0.0802 e. The molecule has 73 valence electrons. The van der Waals surface area contributed by atoms with E-state index in [9.17, 15) is 0 Å². The maximum absolute atomic E-state index is 2.26. The molecule has 0 spiro atoms. The van der Waals surface area contributed by atoms with Crippen LogP contribution in [0.2, 0.25) is 0 Å². The van der Waals surface area contributed by atoms with Gasteiger partial charge in [0.05, 0.1) is 0 Å². The van der Waals surface area contributed by atoms with Crippen LogP contribution in [0, 0.1) is 5.92 Å². The van der Waals surface area contributed by atoms with Crippen LogP contribution in [-0.4, -0.2) is 0 Å². The van der Waals surface area contributed by atoms with E-state index < -0.39 is 0 Å². The van der Waals surface area contributed by atoms with Crippen LogP contribution in [0.25, 0.3) is 0 Å². The molecule has 14 heavy (non-hydrogen) atoms. The molecule has 0 aromatic heterocycles. The second-order valence-electron chi connectivity index (χ2n) is 4.16. The van der Waals surface area contributed by atoms with Crippen molar-refractivity contribution >= 4 is 0 Å². The minimum atomic E-state index is 1.12. The molecule has 0 N–H and O–H groups in total. The molecule has 0 saturated carbocycles. The van der Waals surface area contributed by atoms with E-state index in [1.807, 2.05) is 0 Å². The molecule has 2 aliphatic rings. The first-order chi connectivity index (χ1) is 6.70. The minimum absolute atomic E-state index is 1.12. The Labute approximate surface area is 86.7 Å². The van der Waals surface area contributed by atoms with Gasteiger partial charge in [-0.3, -0.25) is 0 Å².